The van der Waals surface area contributed by atoms with Crippen LogP contribution in [0.5, 0.6) is 0 Å². The van der Waals surface area contributed by atoms with E-state index in [0.29, 0.717) is 0 Å². The van der Waals surface area contributed by atoms with Gasteiger partial charge in [-0.3, -0.25) is 4.79 Å². The minimum atomic E-state index is 0.172. The summed E-state index contributed by atoms with van der Waals surface area (Å²) in [5.41, 5.74) is 1.28. The summed E-state index contributed by atoms with van der Waals surface area (Å²) >= 11 is 0. The zero-order valence-corrected chi connectivity index (χ0v) is 8.94. The van der Waals surface area contributed by atoms with E-state index in [2.05, 4.69) is 35.6 Å². The van der Waals surface area contributed by atoms with Crippen LogP contribution < -0.4 is 5.32 Å². The molecule has 0 bridgehead atoms. The molecule has 3 rings (SSSR count). The van der Waals surface area contributed by atoms with Crippen LogP contribution in [-0.4, -0.2) is 12.5 Å². The van der Waals surface area contributed by atoms with E-state index in [1.807, 2.05) is 12.1 Å². The first-order valence-corrected chi connectivity index (χ1v) is 5.59. The second-order valence-electron chi connectivity index (χ2n) is 4.28. The highest BCUT2D eigenvalue weighted by Gasteiger charge is 2.27. The Kier molecular flexibility index (Phi) is 2.13. The summed E-state index contributed by atoms with van der Waals surface area (Å²) in [6.45, 7) is 0.821. The molecular formula is C14H13NO. The SMILES string of the molecule is O=C1NC[C@H]1Cc1cccc2ccccc12. The van der Waals surface area contributed by atoms with Crippen LogP contribution in [0.4, 0.5) is 0 Å². The number of hydrogen-bond acceptors (Lipinski definition) is 1. The molecule has 16 heavy (non-hydrogen) atoms. The lowest BCUT2D eigenvalue weighted by molar-refractivity contribution is -0.131. The van der Waals surface area contributed by atoms with E-state index >= 15 is 0 Å². The molecule has 2 nitrogen and oxygen atoms in total. The van der Waals surface area contributed by atoms with Gasteiger partial charge in [0.1, 0.15) is 0 Å². The molecule has 1 saturated heterocycles. The first kappa shape index (κ1) is 9.40. The molecule has 1 fully saturated rings. The number of amides is 1. The second kappa shape index (κ2) is 3.63. The van der Waals surface area contributed by atoms with E-state index in [1.54, 1.807) is 0 Å². The summed E-state index contributed by atoms with van der Waals surface area (Å²) in [5, 5.41) is 5.31. The van der Waals surface area contributed by atoms with Gasteiger partial charge < -0.3 is 5.32 Å². The quantitative estimate of drug-likeness (QED) is 0.757. The van der Waals surface area contributed by atoms with E-state index in [1.165, 1.54) is 16.3 Å². The topological polar surface area (TPSA) is 29.1 Å². The van der Waals surface area contributed by atoms with Gasteiger partial charge in [0.25, 0.3) is 0 Å². The average molecular weight is 211 g/mol. The van der Waals surface area contributed by atoms with Crippen molar-refractivity contribution in [3.05, 3.63) is 48.0 Å². The molecule has 2 aromatic rings. The third-order valence-electron chi connectivity index (χ3n) is 3.24. The Hall–Kier alpha value is -1.83. The van der Waals surface area contributed by atoms with E-state index in [0.717, 1.165) is 13.0 Å². The Bertz CT molecular complexity index is 542. The highest BCUT2D eigenvalue weighted by atomic mass is 16.2. The predicted molar refractivity (Wildman–Crippen MR) is 64.2 cm³/mol. The summed E-state index contributed by atoms with van der Waals surface area (Å²) in [6, 6.07) is 14.6. The molecule has 1 aliphatic heterocycles. The summed E-state index contributed by atoms with van der Waals surface area (Å²) in [7, 11) is 0. The number of rotatable bonds is 2. The zero-order chi connectivity index (χ0) is 11.0. The summed E-state index contributed by atoms with van der Waals surface area (Å²) < 4.78 is 0. The second-order valence-corrected chi connectivity index (χ2v) is 4.28. The Morgan fingerprint density at radius 3 is 2.69 bits per heavy atom. The van der Waals surface area contributed by atoms with E-state index in [4.69, 9.17) is 0 Å². The van der Waals surface area contributed by atoms with Crippen molar-refractivity contribution in [1.29, 1.82) is 0 Å². The molecule has 1 heterocycles. The van der Waals surface area contributed by atoms with Crippen molar-refractivity contribution in [2.24, 2.45) is 5.92 Å². The van der Waals surface area contributed by atoms with Crippen molar-refractivity contribution in [3.63, 3.8) is 0 Å². The molecule has 1 atom stereocenters. The molecule has 0 radical (unpaired) electrons. The fraction of sp³-hybridized carbons (Fsp3) is 0.214. The lowest BCUT2D eigenvalue weighted by atomic mass is 9.91. The maximum atomic E-state index is 11.3. The first-order valence-electron chi connectivity index (χ1n) is 5.59. The fourth-order valence-corrected chi connectivity index (χ4v) is 2.23. The van der Waals surface area contributed by atoms with Crippen LogP contribution >= 0.6 is 0 Å². The molecule has 0 spiro atoms. The third kappa shape index (κ3) is 1.47. The molecule has 1 aliphatic rings. The highest BCUT2D eigenvalue weighted by Crippen LogP contribution is 2.22. The third-order valence-corrected chi connectivity index (χ3v) is 3.24. The number of hydrogen-bond donors (Lipinski definition) is 1. The minimum absolute atomic E-state index is 0.172. The molecule has 0 aliphatic carbocycles. The average Bonchev–Trinajstić information content (AvgIpc) is 2.34. The first-order chi connectivity index (χ1) is 7.84. The van der Waals surface area contributed by atoms with Crippen molar-refractivity contribution in [1.82, 2.24) is 5.32 Å². The number of β-lactam (4-membered cyclic amide) rings is 1. The molecule has 80 valence electrons. The fourth-order valence-electron chi connectivity index (χ4n) is 2.23. The Morgan fingerprint density at radius 2 is 1.94 bits per heavy atom. The Balaban J connectivity index is 1.99. The highest BCUT2D eigenvalue weighted by molar-refractivity contribution is 5.88. The summed E-state index contributed by atoms with van der Waals surface area (Å²) in [6.07, 6.45) is 0.854. The van der Waals surface area contributed by atoms with Crippen LogP contribution in [0.3, 0.4) is 0 Å². The van der Waals surface area contributed by atoms with E-state index in [-0.39, 0.29) is 11.8 Å². The maximum Gasteiger partial charge on any atom is 0.225 e. The molecule has 0 unspecified atom stereocenters. The van der Waals surface area contributed by atoms with Crippen LogP contribution in [0.2, 0.25) is 0 Å². The Labute approximate surface area is 94.3 Å². The van der Waals surface area contributed by atoms with E-state index < -0.39 is 0 Å². The van der Waals surface area contributed by atoms with Crippen molar-refractivity contribution in [2.45, 2.75) is 6.42 Å². The molecule has 2 heteroatoms. The van der Waals surface area contributed by atoms with Crippen molar-refractivity contribution < 1.29 is 4.79 Å². The number of fused-ring (bicyclic) bond motifs is 1. The standard InChI is InChI=1S/C14H13NO/c16-14-12(9-15-14)8-11-6-3-5-10-4-1-2-7-13(10)11/h1-7,12H,8-9H2,(H,15,16)/t12-/m1/s1. The van der Waals surface area contributed by atoms with Crippen molar-refractivity contribution in [3.8, 4) is 0 Å². The lowest BCUT2D eigenvalue weighted by Crippen LogP contribution is -2.49. The van der Waals surface area contributed by atoms with Crippen LogP contribution in [0, 0.1) is 5.92 Å². The normalized spacial score (nSPS) is 19.2. The van der Waals surface area contributed by atoms with Crippen molar-refractivity contribution >= 4 is 16.7 Å². The number of carbonyl (C=O) groups excluding carboxylic acids is 1. The number of benzene rings is 2. The smallest absolute Gasteiger partial charge is 0.225 e. The monoisotopic (exact) mass is 211 g/mol. The summed E-state index contributed by atoms with van der Waals surface area (Å²) in [5.74, 6) is 0.360. The predicted octanol–water partition coefficient (Wildman–Crippen LogP) is 2.13. The largest absolute Gasteiger partial charge is 0.355 e. The van der Waals surface area contributed by atoms with Gasteiger partial charge in [0.05, 0.1) is 5.92 Å². The van der Waals surface area contributed by atoms with Gasteiger partial charge >= 0.3 is 0 Å². The van der Waals surface area contributed by atoms with Crippen LogP contribution in [-0.2, 0) is 11.2 Å². The van der Waals surface area contributed by atoms with Gasteiger partial charge in [-0.25, -0.2) is 0 Å². The van der Waals surface area contributed by atoms with Gasteiger partial charge in [-0.05, 0) is 22.8 Å². The maximum absolute atomic E-state index is 11.3. The van der Waals surface area contributed by atoms with Gasteiger partial charge in [0.2, 0.25) is 5.91 Å². The van der Waals surface area contributed by atoms with Gasteiger partial charge in [-0.1, -0.05) is 42.5 Å². The van der Waals surface area contributed by atoms with Crippen molar-refractivity contribution in [2.75, 3.05) is 6.54 Å². The number of carbonyl (C=O) groups is 1. The van der Waals surface area contributed by atoms with Crippen LogP contribution in [0.25, 0.3) is 10.8 Å². The molecule has 1 N–H and O–H groups in total. The van der Waals surface area contributed by atoms with Gasteiger partial charge in [-0.2, -0.15) is 0 Å². The van der Waals surface area contributed by atoms with Gasteiger partial charge in [0, 0.05) is 6.54 Å². The number of nitrogens with one attached hydrogen (secondary N) is 1. The zero-order valence-electron chi connectivity index (χ0n) is 8.94. The van der Waals surface area contributed by atoms with E-state index in [9.17, 15) is 4.79 Å². The lowest BCUT2D eigenvalue weighted by Gasteiger charge is -2.26. The van der Waals surface area contributed by atoms with Crippen LogP contribution in [0.1, 0.15) is 5.56 Å². The molecular weight excluding hydrogens is 198 g/mol. The molecule has 0 aromatic heterocycles. The minimum Gasteiger partial charge on any atom is -0.355 e. The summed E-state index contributed by atoms with van der Waals surface area (Å²) in [4.78, 5) is 11.3. The van der Waals surface area contributed by atoms with Gasteiger partial charge in [0.15, 0.2) is 0 Å². The van der Waals surface area contributed by atoms with Crippen LogP contribution in [0.15, 0.2) is 42.5 Å². The van der Waals surface area contributed by atoms with Gasteiger partial charge in [-0.15, -0.1) is 0 Å². The molecule has 2 aromatic carbocycles. The molecule has 1 amide bonds. The molecule has 0 saturated carbocycles. The Morgan fingerprint density at radius 1 is 1.12 bits per heavy atom.